The smallest absolute Gasteiger partial charge is 0.314 e. The topological polar surface area (TPSA) is 77.8 Å². The highest BCUT2D eigenvalue weighted by Gasteiger charge is 1.98. The van der Waals surface area contributed by atoms with Gasteiger partial charge in [0.25, 0.3) is 0 Å². The predicted octanol–water partition coefficient (Wildman–Crippen LogP) is 4.05. The molecule has 1 rings (SSSR count). The number of hydrogen-bond acceptors (Lipinski definition) is 2. The summed E-state index contributed by atoms with van der Waals surface area (Å²) in [4.78, 5) is 14.3. The summed E-state index contributed by atoms with van der Waals surface area (Å²) in [6.07, 6.45) is 10.3. The summed E-state index contributed by atoms with van der Waals surface area (Å²) >= 11 is 0. The van der Waals surface area contributed by atoms with E-state index < -0.39 is 8.25 Å². The molecule has 0 radical (unpaired) electrons. The van der Waals surface area contributed by atoms with Gasteiger partial charge in [0, 0.05) is 0 Å². The summed E-state index contributed by atoms with van der Waals surface area (Å²) < 4.78 is 8.74. The number of hydrogen-bond donors (Lipinski definition) is 3. The molecule has 0 atom stereocenters. The Labute approximate surface area is 122 Å². The summed E-state index contributed by atoms with van der Waals surface area (Å²) in [5.74, 6) is 0.452. The Balaban J connectivity index is 0.000000796. The SMILES string of the molecule is CCCCCCCCCc1ccccc1O.O=[PH](O)O. The second-order valence-corrected chi connectivity index (χ2v) is 5.35. The van der Waals surface area contributed by atoms with E-state index in [-0.39, 0.29) is 0 Å². The summed E-state index contributed by atoms with van der Waals surface area (Å²) in [6.45, 7) is 2.25. The fourth-order valence-electron chi connectivity index (χ4n) is 1.99. The van der Waals surface area contributed by atoms with Gasteiger partial charge in [-0.1, -0.05) is 63.6 Å². The lowest BCUT2D eigenvalue weighted by molar-refractivity contribution is 0.405. The molecule has 0 bridgehead atoms. The van der Waals surface area contributed by atoms with E-state index in [1.165, 1.54) is 44.9 Å². The van der Waals surface area contributed by atoms with Gasteiger partial charge in [-0.2, -0.15) is 0 Å². The summed E-state index contributed by atoms with van der Waals surface area (Å²) in [5.41, 5.74) is 1.09. The van der Waals surface area contributed by atoms with Crippen molar-refractivity contribution in [2.45, 2.75) is 58.3 Å². The highest BCUT2D eigenvalue weighted by Crippen LogP contribution is 2.18. The van der Waals surface area contributed by atoms with Crippen molar-refractivity contribution >= 4 is 8.25 Å². The van der Waals surface area contributed by atoms with E-state index >= 15 is 0 Å². The number of phenols is 1. The zero-order valence-electron chi connectivity index (χ0n) is 12.2. The van der Waals surface area contributed by atoms with Gasteiger partial charge in [0.15, 0.2) is 0 Å². The highest BCUT2D eigenvalue weighted by atomic mass is 31.1. The molecule has 0 aliphatic carbocycles. The number of phenolic OH excluding ortho intramolecular Hbond substituents is 1. The predicted molar refractivity (Wildman–Crippen MR) is 83.2 cm³/mol. The van der Waals surface area contributed by atoms with Gasteiger partial charge in [-0.15, -0.1) is 0 Å². The minimum Gasteiger partial charge on any atom is -0.508 e. The molecular formula is C15H27O4P. The van der Waals surface area contributed by atoms with Crippen molar-refractivity contribution < 1.29 is 19.5 Å². The third kappa shape index (κ3) is 12.2. The fraction of sp³-hybridized carbons (Fsp3) is 0.600. The molecule has 0 aromatic heterocycles. The largest absolute Gasteiger partial charge is 0.508 e. The van der Waals surface area contributed by atoms with Gasteiger partial charge >= 0.3 is 8.25 Å². The van der Waals surface area contributed by atoms with Crippen LogP contribution in [0.4, 0.5) is 0 Å². The van der Waals surface area contributed by atoms with E-state index in [9.17, 15) is 5.11 Å². The average molecular weight is 302 g/mol. The first kappa shape index (κ1) is 19.2. The molecule has 4 nitrogen and oxygen atoms in total. The minimum atomic E-state index is -3.13. The lowest BCUT2D eigenvalue weighted by atomic mass is 10.0. The van der Waals surface area contributed by atoms with Gasteiger partial charge < -0.3 is 14.9 Å². The molecular weight excluding hydrogens is 275 g/mol. The van der Waals surface area contributed by atoms with Crippen molar-refractivity contribution in [2.75, 3.05) is 0 Å². The van der Waals surface area contributed by atoms with Crippen LogP contribution >= 0.6 is 8.25 Å². The second kappa shape index (κ2) is 13.2. The quantitative estimate of drug-likeness (QED) is 0.500. The molecule has 116 valence electrons. The van der Waals surface area contributed by atoms with Crippen molar-refractivity contribution in [3.05, 3.63) is 29.8 Å². The van der Waals surface area contributed by atoms with Crippen LogP contribution in [-0.2, 0) is 11.0 Å². The van der Waals surface area contributed by atoms with Crippen LogP contribution in [0.1, 0.15) is 57.4 Å². The van der Waals surface area contributed by atoms with Crippen LogP contribution in [0.15, 0.2) is 24.3 Å². The van der Waals surface area contributed by atoms with E-state index in [0.29, 0.717) is 5.75 Å². The van der Waals surface area contributed by atoms with Gasteiger partial charge in [-0.05, 0) is 24.5 Å². The van der Waals surface area contributed by atoms with Crippen LogP contribution < -0.4 is 0 Å². The number of unbranched alkanes of at least 4 members (excludes halogenated alkanes) is 6. The normalized spacial score (nSPS) is 10.2. The molecule has 0 heterocycles. The van der Waals surface area contributed by atoms with Crippen molar-refractivity contribution in [1.29, 1.82) is 0 Å². The first-order valence-electron chi connectivity index (χ1n) is 7.26. The average Bonchev–Trinajstić information content (AvgIpc) is 2.39. The molecule has 3 N–H and O–H groups in total. The van der Waals surface area contributed by atoms with Gasteiger partial charge in [-0.3, -0.25) is 4.57 Å². The van der Waals surface area contributed by atoms with Crippen molar-refractivity contribution in [3.8, 4) is 5.75 Å². The van der Waals surface area contributed by atoms with Crippen LogP contribution in [0.25, 0.3) is 0 Å². The zero-order chi connectivity index (χ0) is 15.2. The lowest BCUT2D eigenvalue weighted by Gasteiger charge is -2.04. The Morgan fingerprint density at radius 3 is 2.00 bits per heavy atom. The maximum absolute atomic E-state index is 9.58. The monoisotopic (exact) mass is 302 g/mol. The fourth-order valence-corrected chi connectivity index (χ4v) is 1.99. The van der Waals surface area contributed by atoms with Gasteiger partial charge in [0.2, 0.25) is 0 Å². The van der Waals surface area contributed by atoms with Crippen LogP contribution in [0.5, 0.6) is 5.75 Å². The zero-order valence-corrected chi connectivity index (χ0v) is 13.2. The Kier molecular flexibility index (Phi) is 12.6. The molecule has 0 saturated carbocycles. The van der Waals surface area contributed by atoms with Gasteiger partial charge in [0.05, 0.1) is 0 Å². The molecule has 0 saturated heterocycles. The molecule has 1 aromatic carbocycles. The van der Waals surface area contributed by atoms with Crippen LogP contribution in [0, 0.1) is 0 Å². The van der Waals surface area contributed by atoms with Crippen molar-refractivity contribution in [2.24, 2.45) is 0 Å². The number of aromatic hydroxyl groups is 1. The van der Waals surface area contributed by atoms with E-state index in [0.717, 1.165) is 12.0 Å². The van der Waals surface area contributed by atoms with Crippen molar-refractivity contribution in [3.63, 3.8) is 0 Å². The maximum atomic E-state index is 9.58. The Bertz CT molecular complexity index is 365. The lowest BCUT2D eigenvalue weighted by Crippen LogP contribution is -1.87. The molecule has 0 fully saturated rings. The minimum absolute atomic E-state index is 0.452. The Hall–Kier alpha value is -0.830. The summed E-state index contributed by atoms with van der Waals surface area (Å²) in [5, 5.41) is 9.58. The third-order valence-electron chi connectivity index (χ3n) is 3.04. The standard InChI is InChI=1S/C15H24O.H3O3P/c1-2-3-4-5-6-7-8-11-14-12-9-10-13-15(14)16;1-4(2)3/h9-10,12-13,16H,2-8,11H2,1H3;4H,(H2,1,2,3). The summed E-state index contributed by atoms with van der Waals surface area (Å²) in [7, 11) is -3.13. The summed E-state index contributed by atoms with van der Waals surface area (Å²) in [6, 6.07) is 7.67. The molecule has 1 aromatic rings. The number of benzene rings is 1. The molecule has 0 aliphatic heterocycles. The maximum Gasteiger partial charge on any atom is 0.314 e. The first-order chi connectivity index (χ1) is 9.57. The molecule has 5 heteroatoms. The second-order valence-electron chi connectivity index (χ2n) is 4.78. The molecule has 0 aliphatic rings. The van der Waals surface area contributed by atoms with E-state index in [4.69, 9.17) is 14.4 Å². The third-order valence-corrected chi connectivity index (χ3v) is 3.04. The van der Waals surface area contributed by atoms with Crippen molar-refractivity contribution in [1.82, 2.24) is 0 Å². The molecule has 20 heavy (non-hydrogen) atoms. The van der Waals surface area contributed by atoms with Crippen LogP contribution in [-0.4, -0.2) is 14.9 Å². The van der Waals surface area contributed by atoms with Crippen LogP contribution in [0.3, 0.4) is 0 Å². The van der Waals surface area contributed by atoms with E-state index in [1.807, 2.05) is 18.2 Å². The Morgan fingerprint density at radius 1 is 0.950 bits per heavy atom. The number of rotatable bonds is 8. The molecule has 0 spiro atoms. The van der Waals surface area contributed by atoms with Gasteiger partial charge in [-0.25, -0.2) is 0 Å². The number of aryl methyl sites for hydroxylation is 1. The molecule has 0 amide bonds. The highest BCUT2D eigenvalue weighted by molar-refractivity contribution is 7.30. The first-order valence-corrected chi connectivity index (χ1v) is 8.57. The Morgan fingerprint density at radius 2 is 1.45 bits per heavy atom. The van der Waals surface area contributed by atoms with E-state index in [2.05, 4.69) is 6.92 Å². The van der Waals surface area contributed by atoms with Crippen LogP contribution in [0.2, 0.25) is 0 Å². The van der Waals surface area contributed by atoms with Gasteiger partial charge in [0.1, 0.15) is 5.75 Å². The molecule has 0 unspecified atom stereocenters. The van der Waals surface area contributed by atoms with E-state index in [1.54, 1.807) is 6.07 Å². The number of para-hydroxylation sites is 1.